The summed E-state index contributed by atoms with van der Waals surface area (Å²) in [6, 6.07) is 4.06. The Morgan fingerprint density at radius 2 is 1.68 bits per heavy atom. The van der Waals surface area contributed by atoms with Gasteiger partial charge in [0.1, 0.15) is 18.0 Å². The lowest BCUT2D eigenvalue weighted by Gasteiger charge is -2.37. The molecule has 146 valence electrons. The monoisotopic (exact) mass is 381 g/mol. The summed E-state index contributed by atoms with van der Waals surface area (Å²) in [5.74, 6) is 3.45. The van der Waals surface area contributed by atoms with Crippen LogP contribution in [0.25, 0.3) is 5.78 Å². The first kappa shape index (κ1) is 17.1. The average molecular weight is 381 g/mol. The zero-order valence-corrected chi connectivity index (χ0v) is 15.9. The van der Waals surface area contributed by atoms with E-state index in [1.165, 1.54) is 0 Å². The third-order valence-electron chi connectivity index (χ3n) is 5.21. The van der Waals surface area contributed by atoms with Crippen LogP contribution in [0.5, 0.6) is 0 Å². The Kier molecular flexibility index (Phi) is 4.40. The van der Waals surface area contributed by atoms with Crippen molar-refractivity contribution in [3.63, 3.8) is 0 Å². The van der Waals surface area contributed by atoms with Gasteiger partial charge in [0.2, 0.25) is 5.95 Å². The van der Waals surface area contributed by atoms with Crippen LogP contribution < -0.4 is 14.7 Å². The van der Waals surface area contributed by atoms with E-state index in [9.17, 15) is 0 Å². The highest BCUT2D eigenvalue weighted by Crippen LogP contribution is 2.21. The number of piperazine rings is 1. The quantitative estimate of drug-likeness (QED) is 0.639. The van der Waals surface area contributed by atoms with Gasteiger partial charge in [0, 0.05) is 57.2 Å². The number of aromatic nitrogens is 6. The number of rotatable bonds is 3. The van der Waals surface area contributed by atoms with Gasteiger partial charge in [-0.25, -0.2) is 9.97 Å². The molecule has 0 unspecified atom stereocenters. The van der Waals surface area contributed by atoms with Crippen molar-refractivity contribution in [3.8, 4) is 0 Å². The molecular weight excluding hydrogens is 358 g/mol. The molecule has 2 fully saturated rings. The Labute approximate surface area is 162 Å². The van der Waals surface area contributed by atoms with Gasteiger partial charge in [-0.3, -0.25) is 0 Å². The maximum absolute atomic E-state index is 5.43. The lowest BCUT2D eigenvalue weighted by atomic mass is 10.3. The molecule has 5 rings (SSSR count). The Balaban J connectivity index is 1.31. The summed E-state index contributed by atoms with van der Waals surface area (Å²) in [5, 5.41) is 4.33. The maximum atomic E-state index is 5.43. The van der Waals surface area contributed by atoms with E-state index in [2.05, 4.69) is 40.8 Å². The third-order valence-corrected chi connectivity index (χ3v) is 5.21. The van der Waals surface area contributed by atoms with E-state index in [4.69, 9.17) is 9.72 Å². The third kappa shape index (κ3) is 3.19. The van der Waals surface area contributed by atoms with E-state index in [0.29, 0.717) is 5.78 Å². The maximum Gasteiger partial charge on any atom is 0.254 e. The smallest absolute Gasteiger partial charge is 0.254 e. The fourth-order valence-electron chi connectivity index (χ4n) is 3.73. The Hall–Kier alpha value is -3.01. The molecule has 0 saturated carbocycles. The number of anilines is 3. The molecule has 3 aromatic rings. The van der Waals surface area contributed by atoms with Gasteiger partial charge in [0.05, 0.1) is 13.2 Å². The summed E-state index contributed by atoms with van der Waals surface area (Å²) in [5.41, 5.74) is 0.948. The van der Waals surface area contributed by atoms with Gasteiger partial charge in [-0.15, -0.1) is 0 Å². The van der Waals surface area contributed by atoms with Crippen LogP contribution in [-0.4, -0.2) is 82.0 Å². The van der Waals surface area contributed by atoms with Crippen molar-refractivity contribution in [1.29, 1.82) is 0 Å². The van der Waals surface area contributed by atoms with Gasteiger partial charge in [-0.05, 0) is 13.0 Å². The number of fused-ring (bicyclic) bond motifs is 1. The van der Waals surface area contributed by atoms with Gasteiger partial charge < -0.3 is 19.4 Å². The molecule has 2 aliphatic rings. The fourth-order valence-corrected chi connectivity index (χ4v) is 3.73. The van der Waals surface area contributed by atoms with Crippen LogP contribution in [0, 0.1) is 6.92 Å². The van der Waals surface area contributed by atoms with Crippen molar-refractivity contribution >= 4 is 23.4 Å². The number of nitrogens with zero attached hydrogens (tertiary/aromatic N) is 9. The second-order valence-corrected chi connectivity index (χ2v) is 7.02. The minimum atomic E-state index is 0.642. The lowest BCUT2D eigenvalue weighted by Crippen LogP contribution is -2.47. The molecule has 2 saturated heterocycles. The van der Waals surface area contributed by atoms with Crippen LogP contribution in [0.4, 0.5) is 17.6 Å². The highest BCUT2D eigenvalue weighted by Gasteiger charge is 2.22. The largest absolute Gasteiger partial charge is 0.378 e. The first-order chi connectivity index (χ1) is 13.8. The molecule has 0 spiro atoms. The first-order valence-electron chi connectivity index (χ1n) is 9.61. The summed E-state index contributed by atoms with van der Waals surface area (Å²) < 4.78 is 7.23. The van der Waals surface area contributed by atoms with Crippen molar-refractivity contribution in [2.24, 2.45) is 0 Å². The van der Waals surface area contributed by atoms with E-state index >= 15 is 0 Å². The van der Waals surface area contributed by atoms with Gasteiger partial charge >= 0.3 is 0 Å². The van der Waals surface area contributed by atoms with Gasteiger partial charge in [0.15, 0.2) is 0 Å². The van der Waals surface area contributed by atoms with Crippen molar-refractivity contribution in [2.75, 3.05) is 67.2 Å². The highest BCUT2D eigenvalue weighted by atomic mass is 16.5. The second-order valence-electron chi connectivity index (χ2n) is 7.02. The SMILES string of the molecule is Cc1cc(N2CCN(c3ccnc(N4CCOCC4)n3)CC2)n2ncnc2n1. The minimum Gasteiger partial charge on any atom is -0.378 e. The molecule has 0 aliphatic carbocycles. The summed E-state index contributed by atoms with van der Waals surface area (Å²) in [7, 11) is 0. The van der Waals surface area contributed by atoms with Crippen LogP contribution in [0.3, 0.4) is 0 Å². The van der Waals surface area contributed by atoms with Crippen molar-refractivity contribution in [2.45, 2.75) is 6.92 Å². The van der Waals surface area contributed by atoms with Gasteiger partial charge in [0.25, 0.3) is 5.78 Å². The average Bonchev–Trinajstić information content (AvgIpc) is 3.22. The van der Waals surface area contributed by atoms with E-state index in [1.807, 2.05) is 23.7 Å². The molecule has 0 amide bonds. The number of ether oxygens (including phenoxy) is 1. The van der Waals surface area contributed by atoms with Gasteiger partial charge in [-0.1, -0.05) is 0 Å². The molecule has 28 heavy (non-hydrogen) atoms. The molecule has 0 aromatic carbocycles. The zero-order chi connectivity index (χ0) is 18.9. The van der Waals surface area contributed by atoms with Crippen LogP contribution in [0.2, 0.25) is 0 Å². The molecule has 0 N–H and O–H groups in total. The Morgan fingerprint density at radius 1 is 0.893 bits per heavy atom. The first-order valence-corrected chi connectivity index (χ1v) is 9.61. The predicted octanol–water partition coefficient (Wildman–Crippen LogP) is 0.386. The zero-order valence-electron chi connectivity index (χ0n) is 15.9. The number of hydrogen-bond donors (Lipinski definition) is 0. The molecular formula is C18H23N9O. The standard InChI is InChI=1S/C18H23N9O/c1-14-12-16(27-18(22-14)20-13-21-27)25-6-4-24(5-7-25)15-2-3-19-17(23-15)26-8-10-28-11-9-26/h2-3,12-13H,4-11H2,1H3. The minimum absolute atomic E-state index is 0.642. The van der Waals surface area contributed by atoms with Crippen LogP contribution in [0.15, 0.2) is 24.7 Å². The van der Waals surface area contributed by atoms with Crippen molar-refractivity contribution in [3.05, 3.63) is 30.4 Å². The van der Waals surface area contributed by atoms with E-state index in [1.54, 1.807) is 6.33 Å². The van der Waals surface area contributed by atoms with E-state index in [0.717, 1.165) is 75.8 Å². The Bertz CT molecular complexity index is 961. The molecule has 2 aliphatic heterocycles. The highest BCUT2D eigenvalue weighted by molar-refractivity contribution is 5.50. The molecule has 10 nitrogen and oxygen atoms in total. The molecule has 5 heterocycles. The molecule has 10 heteroatoms. The number of morpholine rings is 1. The lowest BCUT2D eigenvalue weighted by molar-refractivity contribution is 0.122. The van der Waals surface area contributed by atoms with Crippen LogP contribution >= 0.6 is 0 Å². The second kappa shape index (κ2) is 7.19. The summed E-state index contributed by atoms with van der Waals surface area (Å²) in [4.78, 5) is 24.7. The Morgan fingerprint density at radius 3 is 2.50 bits per heavy atom. The number of aryl methyl sites for hydroxylation is 1. The molecule has 0 radical (unpaired) electrons. The molecule has 3 aromatic heterocycles. The number of hydrogen-bond acceptors (Lipinski definition) is 9. The van der Waals surface area contributed by atoms with Crippen molar-refractivity contribution in [1.82, 2.24) is 29.5 Å². The molecule has 0 atom stereocenters. The van der Waals surface area contributed by atoms with E-state index < -0.39 is 0 Å². The normalized spacial score (nSPS) is 18.1. The van der Waals surface area contributed by atoms with Crippen LogP contribution in [0.1, 0.15) is 5.69 Å². The fraction of sp³-hybridized carbons (Fsp3) is 0.500. The van der Waals surface area contributed by atoms with Crippen molar-refractivity contribution < 1.29 is 4.74 Å². The van der Waals surface area contributed by atoms with Crippen LogP contribution in [-0.2, 0) is 4.74 Å². The summed E-state index contributed by atoms with van der Waals surface area (Å²) >= 11 is 0. The molecule has 0 bridgehead atoms. The van der Waals surface area contributed by atoms with Gasteiger partial charge in [-0.2, -0.15) is 19.6 Å². The topological polar surface area (TPSA) is 87.8 Å². The van der Waals surface area contributed by atoms with E-state index in [-0.39, 0.29) is 0 Å². The summed E-state index contributed by atoms with van der Waals surface area (Å²) in [6.07, 6.45) is 3.40. The summed E-state index contributed by atoms with van der Waals surface area (Å²) in [6.45, 7) is 8.67. The predicted molar refractivity (Wildman–Crippen MR) is 105 cm³/mol.